The van der Waals surface area contributed by atoms with E-state index in [1.807, 2.05) is 0 Å². The molecule has 2 nitrogen and oxygen atoms in total. The topological polar surface area (TPSA) is 28.1 Å². The number of benzene rings is 1. The Morgan fingerprint density at radius 2 is 1.90 bits per heavy atom. The van der Waals surface area contributed by atoms with E-state index in [4.69, 9.17) is 5.39 Å². The van der Waals surface area contributed by atoms with Gasteiger partial charge in [-0.3, -0.25) is 0 Å². The maximum Gasteiger partial charge on any atom is 0.420 e. The Morgan fingerprint density at radius 3 is 2.30 bits per heavy atom. The van der Waals surface area contributed by atoms with Gasteiger partial charge >= 0.3 is 5.69 Å². The maximum absolute atomic E-state index is 12.3. The number of diazo groups is 1. The second-order valence-corrected chi connectivity index (χ2v) is 1.55. The second-order valence-electron chi connectivity index (χ2n) is 1.55. The number of halogens is 2. The van der Waals surface area contributed by atoms with Crippen LogP contribution in [-0.4, -0.2) is 0 Å². The summed E-state index contributed by atoms with van der Waals surface area (Å²) in [6.45, 7) is 0. The normalized spacial score (nSPS) is 7.60. The van der Waals surface area contributed by atoms with Crippen molar-refractivity contribution in [3.05, 3.63) is 35.1 Å². The van der Waals surface area contributed by atoms with Crippen LogP contribution in [-0.2, 0) is 0 Å². The molecule has 0 radical (unpaired) electrons. The third-order valence-electron chi connectivity index (χ3n) is 0.960. The largest absolute Gasteiger partial charge is 1.00 e. The average Bonchev–Trinajstić information content (AvgIpc) is 1.89. The van der Waals surface area contributed by atoms with Crippen molar-refractivity contribution in [2.45, 2.75) is 0 Å². The van der Waals surface area contributed by atoms with Gasteiger partial charge in [-0.05, 0) is 6.07 Å². The Balaban J connectivity index is 0.000000810. The Kier molecular flexibility index (Phi) is 3.37. The smallest absolute Gasteiger partial charge is 0.420 e. The van der Waals surface area contributed by atoms with E-state index in [0.717, 1.165) is 0 Å². The predicted octanol–water partition coefficient (Wildman–Crippen LogP) is -0.686. The molecule has 0 fully saturated rings. The molecule has 52 valence electrons. The highest BCUT2D eigenvalue weighted by Crippen LogP contribution is 2.14. The SMILES string of the molecule is N#[N+]c1ccccc1F.[Cl-]. The van der Waals surface area contributed by atoms with Gasteiger partial charge in [-0.1, -0.05) is 12.1 Å². The molecule has 10 heavy (non-hydrogen) atoms. The monoisotopic (exact) mass is 158 g/mol. The molecular formula is C6H4ClFN2. The fourth-order valence-corrected chi connectivity index (χ4v) is 0.533. The third kappa shape index (κ3) is 1.67. The van der Waals surface area contributed by atoms with Gasteiger partial charge in [-0.2, -0.15) is 4.39 Å². The molecule has 0 spiro atoms. The standard InChI is InChI=1S/C6H4FN2.ClH/c7-5-3-1-2-4-6(5)9-8;/h1-4H;1H/q+1;/p-1. The van der Waals surface area contributed by atoms with Gasteiger partial charge in [0.1, 0.15) is 0 Å². The van der Waals surface area contributed by atoms with Crippen LogP contribution in [0.25, 0.3) is 4.98 Å². The molecule has 0 amide bonds. The zero-order chi connectivity index (χ0) is 6.69. The van der Waals surface area contributed by atoms with Crippen LogP contribution in [0.15, 0.2) is 24.3 Å². The van der Waals surface area contributed by atoms with Crippen LogP contribution in [0.4, 0.5) is 10.1 Å². The first kappa shape index (κ1) is 8.86. The number of hydrogen-bond donors (Lipinski definition) is 0. The van der Waals surface area contributed by atoms with E-state index in [2.05, 4.69) is 4.98 Å². The Morgan fingerprint density at radius 1 is 1.30 bits per heavy atom. The van der Waals surface area contributed by atoms with Crippen molar-refractivity contribution in [2.75, 3.05) is 0 Å². The summed E-state index contributed by atoms with van der Waals surface area (Å²) >= 11 is 0. The first-order chi connectivity index (χ1) is 4.34. The summed E-state index contributed by atoms with van der Waals surface area (Å²) in [5.74, 6) is -0.514. The minimum atomic E-state index is -0.514. The highest BCUT2D eigenvalue weighted by molar-refractivity contribution is 5.44. The van der Waals surface area contributed by atoms with Gasteiger partial charge in [0, 0.05) is 6.07 Å². The molecule has 0 saturated heterocycles. The highest BCUT2D eigenvalue weighted by atomic mass is 35.5. The maximum atomic E-state index is 12.3. The molecule has 1 rings (SSSR count). The Bertz CT molecular complexity index is 256. The summed E-state index contributed by atoms with van der Waals surface area (Å²) in [5.41, 5.74) is -0.0301. The Hall–Kier alpha value is -1.14. The Labute approximate surface area is 63.7 Å². The lowest BCUT2D eigenvalue weighted by molar-refractivity contribution is -0.00000263. The van der Waals surface area contributed by atoms with Crippen molar-refractivity contribution in [1.82, 2.24) is 0 Å². The molecule has 4 heteroatoms. The van der Waals surface area contributed by atoms with Crippen LogP contribution in [0.3, 0.4) is 0 Å². The van der Waals surface area contributed by atoms with Crippen molar-refractivity contribution in [2.24, 2.45) is 0 Å². The van der Waals surface area contributed by atoms with Crippen molar-refractivity contribution >= 4 is 5.69 Å². The fourth-order valence-electron chi connectivity index (χ4n) is 0.533. The summed E-state index contributed by atoms with van der Waals surface area (Å²) in [6, 6.07) is 5.74. The lowest BCUT2D eigenvalue weighted by atomic mass is 10.3. The second kappa shape index (κ2) is 3.80. The molecule has 0 aliphatic carbocycles. The van der Waals surface area contributed by atoms with E-state index >= 15 is 0 Å². The van der Waals surface area contributed by atoms with E-state index < -0.39 is 5.82 Å². The predicted molar refractivity (Wildman–Crippen MR) is 31.1 cm³/mol. The molecule has 0 N–H and O–H groups in total. The van der Waals surface area contributed by atoms with E-state index in [-0.39, 0.29) is 18.1 Å². The summed E-state index contributed by atoms with van der Waals surface area (Å²) in [5, 5.41) is 8.10. The van der Waals surface area contributed by atoms with Gasteiger partial charge in [0.05, 0.1) is 0 Å². The van der Waals surface area contributed by atoms with E-state index in [1.165, 1.54) is 18.2 Å². The quantitative estimate of drug-likeness (QED) is 0.460. The summed E-state index contributed by atoms with van der Waals surface area (Å²) in [7, 11) is 0. The first-order valence-corrected chi connectivity index (χ1v) is 2.44. The van der Waals surface area contributed by atoms with Crippen LogP contribution in [0.5, 0.6) is 0 Å². The minimum Gasteiger partial charge on any atom is -1.00 e. The van der Waals surface area contributed by atoms with Crippen molar-refractivity contribution in [3.63, 3.8) is 0 Å². The van der Waals surface area contributed by atoms with Gasteiger partial charge < -0.3 is 12.4 Å². The highest BCUT2D eigenvalue weighted by Gasteiger charge is 2.09. The molecule has 0 unspecified atom stereocenters. The summed E-state index contributed by atoms with van der Waals surface area (Å²) in [6.07, 6.45) is 0. The van der Waals surface area contributed by atoms with Gasteiger partial charge in [0.15, 0.2) is 4.98 Å². The summed E-state index contributed by atoms with van der Waals surface area (Å²) in [4.78, 5) is 2.70. The van der Waals surface area contributed by atoms with Crippen LogP contribution >= 0.6 is 0 Å². The van der Waals surface area contributed by atoms with E-state index in [0.29, 0.717) is 0 Å². The lowest BCUT2D eigenvalue weighted by Crippen LogP contribution is -3.00. The van der Waals surface area contributed by atoms with Crippen molar-refractivity contribution in [1.29, 1.82) is 5.39 Å². The lowest BCUT2D eigenvalue weighted by Gasteiger charge is -1.76. The molecule has 1 aromatic carbocycles. The number of nitrogens with zero attached hydrogens (tertiary/aromatic N) is 2. The van der Waals surface area contributed by atoms with Crippen molar-refractivity contribution in [3.8, 4) is 0 Å². The zero-order valence-electron chi connectivity index (χ0n) is 4.96. The van der Waals surface area contributed by atoms with Gasteiger partial charge in [0.2, 0.25) is 11.2 Å². The summed E-state index contributed by atoms with van der Waals surface area (Å²) < 4.78 is 12.3. The van der Waals surface area contributed by atoms with Gasteiger partial charge in [-0.15, -0.1) is 0 Å². The third-order valence-corrected chi connectivity index (χ3v) is 0.960. The molecule has 0 atom stereocenters. The van der Waals surface area contributed by atoms with Gasteiger partial charge in [0.25, 0.3) is 0 Å². The molecule has 0 aliphatic heterocycles. The molecule has 0 heterocycles. The van der Waals surface area contributed by atoms with E-state index in [9.17, 15) is 4.39 Å². The van der Waals surface area contributed by atoms with Crippen molar-refractivity contribution < 1.29 is 16.8 Å². The molecule has 0 bridgehead atoms. The molecule has 0 aliphatic rings. The fraction of sp³-hybridized carbons (Fsp3) is 0. The molecule has 0 saturated carbocycles. The van der Waals surface area contributed by atoms with Crippen LogP contribution in [0, 0.1) is 11.2 Å². The molecular weight excluding hydrogens is 155 g/mol. The number of rotatable bonds is 0. The number of hydrogen-bond acceptors (Lipinski definition) is 1. The first-order valence-electron chi connectivity index (χ1n) is 2.44. The minimum absolute atomic E-state index is 0. The molecule has 0 aromatic heterocycles. The van der Waals surface area contributed by atoms with E-state index in [1.54, 1.807) is 6.07 Å². The average molecular weight is 159 g/mol. The zero-order valence-corrected chi connectivity index (χ0v) is 5.72. The van der Waals surface area contributed by atoms with Crippen LogP contribution < -0.4 is 12.4 Å². The van der Waals surface area contributed by atoms with Gasteiger partial charge in [-0.25, -0.2) is 0 Å². The van der Waals surface area contributed by atoms with Crippen LogP contribution in [0.1, 0.15) is 0 Å². The molecule has 1 aromatic rings. The van der Waals surface area contributed by atoms with Crippen LogP contribution in [0.2, 0.25) is 0 Å².